The van der Waals surface area contributed by atoms with Crippen LogP contribution in [0.3, 0.4) is 0 Å². The van der Waals surface area contributed by atoms with E-state index in [0.29, 0.717) is 5.56 Å². The summed E-state index contributed by atoms with van der Waals surface area (Å²) in [7, 11) is 0. The molecule has 2 aromatic rings. The number of halogens is 1. The van der Waals surface area contributed by atoms with Crippen LogP contribution < -0.4 is 5.32 Å². The molecule has 0 aliphatic rings. The number of hydrogen-bond donors (Lipinski definition) is 1. The van der Waals surface area contributed by atoms with E-state index in [4.69, 9.17) is 5.26 Å². The van der Waals surface area contributed by atoms with Gasteiger partial charge in [0.1, 0.15) is 11.1 Å². The molecule has 0 saturated carbocycles. The highest BCUT2D eigenvalue weighted by atomic mass is 79.9. The highest BCUT2D eigenvalue weighted by molar-refractivity contribution is 9.10. The zero-order valence-corrected chi connectivity index (χ0v) is 13.2. The van der Waals surface area contributed by atoms with Gasteiger partial charge in [-0.15, -0.1) is 11.3 Å². The van der Waals surface area contributed by atoms with E-state index in [1.807, 2.05) is 18.3 Å². The molecule has 0 amide bonds. The fraction of sp³-hybridized carbons (Fsp3) is 0.286. The average Bonchev–Trinajstić information content (AvgIpc) is 2.88. The number of aryl methyl sites for hydroxylation is 1. The molecule has 1 aromatic carbocycles. The third kappa shape index (κ3) is 3.34. The van der Waals surface area contributed by atoms with Gasteiger partial charge in [-0.3, -0.25) is 0 Å². The van der Waals surface area contributed by atoms with Crippen molar-refractivity contribution in [1.29, 1.82) is 5.26 Å². The molecule has 19 heavy (non-hydrogen) atoms. The fourth-order valence-corrected chi connectivity index (χ4v) is 3.02. The minimum absolute atomic E-state index is 0.158. The van der Waals surface area contributed by atoms with Crippen molar-refractivity contribution in [3.63, 3.8) is 0 Å². The van der Waals surface area contributed by atoms with Crippen LogP contribution in [0.1, 0.15) is 35.3 Å². The molecule has 0 aliphatic heterocycles. The Bertz CT molecular complexity index is 615. The Morgan fingerprint density at radius 2 is 2.32 bits per heavy atom. The molecule has 1 aromatic heterocycles. The lowest BCUT2D eigenvalue weighted by molar-refractivity contribution is 0.869. The average molecular weight is 336 g/mol. The first kappa shape index (κ1) is 14.0. The molecule has 2 rings (SSSR count). The van der Waals surface area contributed by atoms with Gasteiger partial charge in [0.05, 0.1) is 11.6 Å². The predicted octanol–water partition coefficient (Wildman–Crippen LogP) is 4.51. The van der Waals surface area contributed by atoms with Gasteiger partial charge in [-0.1, -0.05) is 6.92 Å². The van der Waals surface area contributed by atoms with Gasteiger partial charge in [0.2, 0.25) is 0 Å². The molecule has 98 valence electrons. The number of nitriles is 1. The summed E-state index contributed by atoms with van der Waals surface area (Å²) < 4.78 is 0.806. The molecule has 5 heteroatoms. The van der Waals surface area contributed by atoms with E-state index in [0.717, 1.165) is 21.6 Å². The van der Waals surface area contributed by atoms with Crippen molar-refractivity contribution < 1.29 is 0 Å². The van der Waals surface area contributed by atoms with Gasteiger partial charge in [0, 0.05) is 21.2 Å². The summed E-state index contributed by atoms with van der Waals surface area (Å²) >= 11 is 5.13. The Morgan fingerprint density at radius 3 is 2.89 bits per heavy atom. The number of benzene rings is 1. The first-order chi connectivity index (χ1) is 9.13. The van der Waals surface area contributed by atoms with Gasteiger partial charge in [-0.05, 0) is 47.5 Å². The SMILES string of the molecule is CCc1cnc(C(C)Nc2ccc(C#N)c(Br)c2)s1. The smallest absolute Gasteiger partial charge is 0.115 e. The second-order valence-corrected chi connectivity index (χ2v) is 6.19. The third-order valence-electron chi connectivity index (χ3n) is 2.76. The van der Waals surface area contributed by atoms with Crippen LogP contribution in [0.2, 0.25) is 0 Å². The Hall–Kier alpha value is -1.38. The van der Waals surface area contributed by atoms with Gasteiger partial charge in [-0.2, -0.15) is 5.26 Å². The van der Waals surface area contributed by atoms with Crippen molar-refractivity contribution >= 4 is 33.0 Å². The number of nitrogens with zero attached hydrogens (tertiary/aromatic N) is 2. The Kier molecular flexibility index (Phi) is 4.56. The fourth-order valence-electron chi connectivity index (χ4n) is 1.69. The molecule has 0 aliphatic carbocycles. The van der Waals surface area contributed by atoms with Gasteiger partial charge < -0.3 is 5.32 Å². The maximum Gasteiger partial charge on any atom is 0.115 e. The summed E-state index contributed by atoms with van der Waals surface area (Å²) in [5.41, 5.74) is 1.62. The van der Waals surface area contributed by atoms with Crippen LogP contribution in [0.5, 0.6) is 0 Å². The summed E-state index contributed by atoms with van der Waals surface area (Å²) in [4.78, 5) is 5.73. The highest BCUT2D eigenvalue weighted by Gasteiger charge is 2.10. The number of rotatable bonds is 4. The predicted molar refractivity (Wildman–Crippen MR) is 82.4 cm³/mol. The molecule has 0 fully saturated rings. The Morgan fingerprint density at radius 1 is 1.53 bits per heavy atom. The van der Waals surface area contributed by atoms with Crippen molar-refractivity contribution in [2.24, 2.45) is 0 Å². The standard InChI is InChI=1S/C14H14BrN3S/c1-3-12-8-17-14(19-12)9(2)18-11-5-4-10(7-16)13(15)6-11/h4-6,8-9,18H,3H2,1-2H3. The summed E-state index contributed by atoms with van der Waals surface area (Å²) in [6.45, 7) is 4.22. The second kappa shape index (κ2) is 6.18. The molecule has 0 bridgehead atoms. The van der Waals surface area contributed by atoms with Crippen molar-refractivity contribution in [3.8, 4) is 6.07 Å². The maximum atomic E-state index is 8.89. The van der Waals surface area contributed by atoms with E-state index < -0.39 is 0 Å². The number of aromatic nitrogens is 1. The molecule has 1 unspecified atom stereocenters. The summed E-state index contributed by atoms with van der Waals surface area (Å²) in [6, 6.07) is 7.93. The van der Waals surface area contributed by atoms with Crippen LogP contribution in [0, 0.1) is 11.3 Å². The van der Waals surface area contributed by atoms with E-state index in [9.17, 15) is 0 Å². The topological polar surface area (TPSA) is 48.7 Å². The van der Waals surface area contributed by atoms with Crippen molar-refractivity contribution in [2.45, 2.75) is 26.3 Å². The zero-order valence-electron chi connectivity index (χ0n) is 10.8. The first-order valence-corrected chi connectivity index (χ1v) is 7.65. The van der Waals surface area contributed by atoms with E-state index >= 15 is 0 Å². The van der Waals surface area contributed by atoms with E-state index in [1.54, 1.807) is 17.4 Å². The molecule has 3 nitrogen and oxygen atoms in total. The normalized spacial score (nSPS) is 11.9. The summed E-state index contributed by atoms with van der Waals surface area (Å²) in [6.07, 6.45) is 2.96. The van der Waals surface area contributed by atoms with Gasteiger partial charge in [-0.25, -0.2) is 4.98 Å². The summed E-state index contributed by atoms with van der Waals surface area (Å²) in [5, 5.41) is 13.4. The highest BCUT2D eigenvalue weighted by Crippen LogP contribution is 2.26. The maximum absolute atomic E-state index is 8.89. The number of hydrogen-bond acceptors (Lipinski definition) is 4. The lowest BCUT2D eigenvalue weighted by Crippen LogP contribution is -2.06. The summed E-state index contributed by atoms with van der Waals surface area (Å²) in [5.74, 6) is 0. The largest absolute Gasteiger partial charge is 0.376 e. The molecular weight excluding hydrogens is 322 g/mol. The molecule has 0 spiro atoms. The molecule has 0 saturated heterocycles. The minimum Gasteiger partial charge on any atom is -0.376 e. The number of anilines is 1. The van der Waals surface area contributed by atoms with E-state index in [-0.39, 0.29) is 6.04 Å². The molecule has 0 radical (unpaired) electrons. The molecule has 1 N–H and O–H groups in total. The molecular formula is C14H14BrN3S. The van der Waals surface area contributed by atoms with Crippen molar-refractivity contribution in [1.82, 2.24) is 4.98 Å². The van der Waals surface area contributed by atoms with E-state index in [2.05, 4.69) is 46.1 Å². The van der Waals surface area contributed by atoms with Gasteiger partial charge in [0.25, 0.3) is 0 Å². The monoisotopic (exact) mass is 335 g/mol. The Labute approximate surface area is 125 Å². The van der Waals surface area contributed by atoms with Gasteiger partial charge in [0.15, 0.2) is 0 Å². The van der Waals surface area contributed by atoms with Crippen LogP contribution in [0.4, 0.5) is 5.69 Å². The quantitative estimate of drug-likeness (QED) is 0.893. The molecule has 1 atom stereocenters. The van der Waals surface area contributed by atoms with Crippen LogP contribution in [-0.4, -0.2) is 4.98 Å². The van der Waals surface area contributed by atoms with E-state index in [1.165, 1.54) is 4.88 Å². The van der Waals surface area contributed by atoms with Crippen LogP contribution in [0.15, 0.2) is 28.9 Å². The number of nitrogens with one attached hydrogen (secondary N) is 1. The number of thiazole rings is 1. The zero-order chi connectivity index (χ0) is 13.8. The van der Waals surface area contributed by atoms with Crippen molar-refractivity contribution in [3.05, 3.63) is 44.3 Å². The molecule has 1 heterocycles. The van der Waals surface area contributed by atoms with Crippen LogP contribution in [-0.2, 0) is 6.42 Å². The van der Waals surface area contributed by atoms with Crippen LogP contribution >= 0.6 is 27.3 Å². The van der Waals surface area contributed by atoms with Crippen molar-refractivity contribution in [2.75, 3.05) is 5.32 Å². The third-order valence-corrected chi connectivity index (χ3v) is 4.74. The lowest BCUT2D eigenvalue weighted by Gasteiger charge is -2.13. The lowest BCUT2D eigenvalue weighted by atomic mass is 10.2. The minimum atomic E-state index is 0.158. The van der Waals surface area contributed by atoms with Gasteiger partial charge >= 0.3 is 0 Å². The Balaban J connectivity index is 2.12. The van der Waals surface area contributed by atoms with Crippen LogP contribution in [0.25, 0.3) is 0 Å². The second-order valence-electron chi connectivity index (χ2n) is 4.19. The first-order valence-electron chi connectivity index (χ1n) is 6.04.